The largest absolute Gasteiger partial charge is 0.454 e. The fourth-order valence-corrected chi connectivity index (χ4v) is 3.37. The maximum absolute atomic E-state index is 5.46. The molecule has 144 valence electrons. The zero-order valence-corrected chi connectivity index (χ0v) is 16.3. The number of hydrogen-bond donors (Lipinski definition) is 1. The van der Waals surface area contributed by atoms with Gasteiger partial charge in [0.25, 0.3) is 0 Å². The third kappa shape index (κ3) is 3.76. The van der Waals surface area contributed by atoms with Gasteiger partial charge in [0.2, 0.25) is 6.79 Å². The molecule has 2 aromatic heterocycles. The highest BCUT2D eigenvalue weighted by Crippen LogP contribution is 2.32. The van der Waals surface area contributed by atoms with Crippen molar-refractivity contribution in [2.45, 2.75) is 26.1 Å². The molecule has 1 aromatic carbocycles. The summed E-state index contributed by atoms with van der Waals surface area (Å²) in [7, 11) is 0. The minimum Gasteiger partial charge on any atom is -0.454 e. The second kappa shape index (κ2) is 8.21. The van der Waals surface area contributed by atoms with Crippen molar-refractivity contribution in [3.63, 3.8) is 0 Å². The Hall–Kier alpha value is -2.22. The lowest BCUT2D eigenvalue weighted by molar-refractivity contribution is 0.174. The van der Waals surface area contributed by atoms with Gasteiger partial charge in [0.1, 0.15) is 5.69 Å². The maximum atomic E-state index is 5.46. The molecule has 0 aliphatic carbocycles. The van der Waals surface area contributed by atoms with Crippen LogP contribution in [0.3, 0.4) is 0 Å². The Kier molecular flexibility index (Phi) is 5.94. The quantitative estimate of drug-likeness (QED) is 0.717. The van der Waals surface area contributed by atoms with Gasteiger partial charge < -0.3 is 19.4 Å². The molecule has 3 aromatic rings. The highest BCUT2D eigenvalue weighted by molar-refractivity contribution is 5.85. The minimum absolute atomic E-state index is 0. The number of aromatic nitrogens is 4. The Balaban J connectivity index is 0.00000105. The first-order chi connectivity index (χ1) is 12.4. The molecule has 2 aliphatic heterocycles. The number of fused-ring (bicyclic) bond motifs is 2. The summed E-state index contributed by atoms with van der Waals surface area (Å²) in [6.45, 7) is 3.89. The lowest BCUT2D eigenvalue weighted by atomic mass is 10.1. The summed E-state index contributed by atoms with van der Waals surface area (Å²) >= 11 is 0. The third-order valence-electron chi connectivity index (χ3n) is 4.69. The Labute approximate surface area is 169 Å². The van der Waals surface area contributed by atoms with Crippen molar-refractivity contribution >= 4 is 24.8 Å². The van der Waals surface area contributed by atoms with Crippen molar-refractivity contribution in [3.8, 4) is 23.0 Å². The number of ether oxygens (including phenoxy) is 2. The summed E-state index contributed by atoms with van der Waals surface area (Å²) in [4.78, 5) is 4.52. The third-order valence-corrected chi connectivity index (χ3v) is 4.69. The van der Waals surface area contributed by atoms with Gasteiger partial charge in [-0.25, -0.2) is 4.98 Å². The standard InChI is InChI=1S/C18H19N5O2.2ClH/c1-2-16-17(25-12-24-16)9-13(1)3-6-22-7-5-20-18(22)15-10-14-11-19-4-8-23(14)21-15;;/h1-2,5,7,9-10,19H,3-4,6,8,11-12H2;2*1H. The van der Waals surface area contributed by atoms with Gasteiger partial charge in [0, 0.05) is 32.0 Å². The first-order valence-electron chi connectivity index (χ1n) is 8.54. The van der Waals surface area contributed by atoms with E-state index in [-0.39, 0.29) is 24.8 Å². The number of rotatable bonds is 4. The van der Waals surface area contributed by atoms with Crippen molar-refractivity contribution in [1.29, 1.82) is 0 Å². The lowest BCUT2D eigenvalue weighted by Gasteiger charge is -2.13. The van der Waals surface area contributed by atoms with E-state index < -0.39 is 0 Å². The van der Waals surface area contributed by atoms with Gasteiger partial charge in [0.15, 0.2) is 17.3 Å². The highest BCUT2D eigenvalue weighted by atomic mass is 35.5. The summed E-state index contributed by atoms with van der Waals surface area (Å²) in [6.07, 6.45) is 4.75. The van der Waals surface area contributed by atoms with E-state index in [1.54, 1.807) is 0 Å². The van der Waals surface area contributed by atoms with Crippen LogP contribution in [-0.4, -0.2) is 32.7 Å². The van der Waals surface area contributed by atoms with Crippen LogP contribution in [0.2, 0.25) is 0 Å². The molecule has 0 unspecified atom stereocenters. The molecule has 0 saturated heterocycles. The zero-order chi connectivity index (χ0) is 16.6. The number of aryl methyl sites for hydroxylation is 2. The predicted molar refractivity (Wildman–Crippen MR) is 106 cm³/mol. The van der Waals surface area contributed by atoms with Crippen LogP contribution in [0, 0.1) is 0 Å². The molecule has 7 nitrogen and oxygen atoms in total. The van der Waals surface area contributed by atoms with Crippen LogP contribution in [0.25, 0.3) is 11.5 Å². The van der Waals surface area contributed by atoms with E-state index in [1.165, 1.54) is 11.3 Å². The molecule has 0 saturated carbocycles. The molecule has 4 heterocycles. The van der Waals surface area contributed by atoms with Crippen LogP contribution in [0.15, 0.2) is 36.7 Å². The molecule has 0 atom stereocenters. The summed E-state index contributed by atoms with van der Waals surface area (Å²) < 4.78 is 15.1. The zero-order valence-electron chi connectivity index (χ0n) is 14.6. The number of halogens is 2. The van der Waals surface area contributed by atoms with Gasteiger partial charge in [-0.05, 0) is 30.2 Å². The van der Waals surface area contributed by atoms with Crippen LogP contribution in [0.4, 0.5) is 0 Å². The second-order valence-electron chi connectivity index (χ2n) is 6.30. The normalized spacial score (nSPS) is 14.2. The van der Waals surface area contributed by atoms with E-state index in [0.717, 1.165) is 55.6 Å². The topological polar surface area (TPSA) is 66.1 Å². The van der Waals surface area contributed by atoms with Gasteiger partial charge in [-0.2, -0.15) is 5.10 Å². The number of hydrogen-bond acceptors (Lipinski definition) is 5. The molecule has 5 rings (SSSR count). The van der Waals surface area contributed by atoms with Crippen LogP contribution >= 0.6 is 24.8 Å². The summed E-state index contributed by atoms with van der Waals surface area (Å²) in [5.41, 5.74) is 3.37. The van der Waals surface area contributed by atoms with Gasteiger partial charge in [-0.3, -0.25) is 4.68 Å². The van der Waals surface area contributed by atoms with E-state index in [0.29, 0.717) is 6.79 Å². The van der Waals surface area contributed by atoms with Crippen molar-refractivity contribution in [2.75, 3.05) is 13.3 Å². The van der Waals surface area contributed by atoms with Crippen LogP contribution in [-0.2, 0) is 26.1 Å². The Morgan fingerprint density at radius 2 is 2.00 bits per heavy atom. The molecule has 1 N–H and O–H groups in total. The Bertz CT molecular complexity index is 901. The predicted octanol–water partition coefficient (Wildman–Crippen LogP) is 2.66. The van der Waals surface area contributed by atoms with E-state index in [4.69, 9.17) is 14.6 Å². The minimum atomic E-state index is 0. The molecule has 0 amide bonds. The van der Waals surface area contributed by atoms with Crippen LogP contribution in [0.1, 0.15) is 11.3 Å². The average Bonchev–Trinajstić information content (AvgIpc) is 3.36. The van der Waals surface area contributed by atoms with Crippen molar-refractivity contribution < 1.29 is 9.47 Å². The number of imidazole rings is 1. The molecule has 0 spiro atoms. The smallest absolute Gasteiger partial charge is 0.231 e. The molecule has 0 radical (unpaired) electrons. The van der Waals surface area contributed by atoms with E-state index in [2.05, 4.69) is 37.7 Å². The van der Waals surface area contributed by atoms with Crippen LogP contribution < -0.4 is 14.8 Å². The monoisotopic (exact) mass is 409 g/mol. The molecule has 27 heavy (non-hydrogen) atoms. The van der Waals surface area contributed by atoms with E-state index >= 15 is 0 Å². The van der Waals surface area contributed by atoms with E-state index in [1.807, 2.05) is 18.5 Å². The second-order valence-corrected chi connectivity index (χ2v) is 6.30. The molecule has 2 aliphatic rings. The number of nitrogens with one attached hydrogen (secondary N) is 1. The number of benzene rings is 1. The fourth-order valence-electron chi connectivity index (χ4n) is 3.37. The Morgan fingerprint density at radius 1 is 1.11 bits per heavy atom. The van der Waals surface area contributed by atoms with Crippen molar-refractivity contribution in [2.24, 2.45) is 0 Å². The maximum Gasteiger partial charge on any atom is 0.231 e. The van der Waals surface area contributed by atoms with Gasteiger partial charge in [-0.1, -0.05) is 6.07 Å². The molecule has 9 heteroatoms. The van der Waals surface area contributed by atoms with Gasteiger partial charge in [0.05, 0.1) is 12.2 Å². The van der Waals surface area contributed by atoms with Crippen LogP contribution in [0.5, 0.6) is 11.5 Å². The lowest BCUT2D eigenvalue weighted by Crippen LogP contribution is -2.28. The average molecular weight is 410 g/mol. The van der Waals surface area contributed by atoms with Gasteiger partial charge >= 0.3 is 0 Å². The molecule has 0 fully saturated rings. The van der Waals surface area contributed by atoms with Crippen molar-refractivity contribution in [1.82, 2.24) is 24.6 Å². The molecule has 0 bridgehead atoms. The Morgan fingerprint density at radius 3 is 2.89 bits per heavy atom. The summed E-state index contributed by atoms with van der Waals surface area (Å²) in [6, 6.07) is 8.25. The summed E-state index contributed by atoms with van der Waals surface area (Å²) in [5, 5.41) is 8.08. The molecular weight excluding hydrogens is 389 g/mol. The fraction of sp³-hybridized carbons (Fsp3) is 0.333. The number of nitrogens with zero attached hydrogens (tertiary/aromatic N) is 4. The van der Waals surface area contributed by atoms with E-state index in [9.17, 15) is 0 Å². The van der Waals surface area contributed by atoms with Crippen molar-refractivity contribution in [3.05, 3.63) is 47.9 Å². The first kappa shape index (κ1) is 19.5. The SMILES string of the molecule is Cl.Cl.c1cn(CCc2ccc3c(c2)OCO3)c(-c2cc3n(n2)CCNC3)n1. The summed E-state index contributed by atoms with van der Waals surface area (Å²) in [5.74, 6) is 2.57. The molecular formula is C18H21Cl2N5O2. The first-order valence-corrected chi connectivity index (χ1v) is 8.54. The highest BCUT2D eigenvalue weighted by Gasteiger charge is 2.17. The van der Waals surface area contributed by atoms with Gasteiger partial charge in [-0.15, -0.1) is 24.8 Å².